The Morgan fingerprint density at radius 1 is 1.27 bits per heavy atom. The maximum atomic E-state index is 12.9. The second-order valence-corrected chi connectivity index (χ2v) is 10.9. The summed E-state index contributed by atoms with van der Waals surface area (Å²) < 4.78 is 63.2. The van der Waals surface area contributed by atoms with E-state index in [4.69, 9.17) is 0 Å². The van der Waals surface area contributed by atoms with Crippen LogP contribution in [0.3, 0.4) is 0 Å². The predicted octanol–water partition coefficient (Wildman–Crippen LogP) is -0.699. The molecule has 2 heterocycles. The van der Waals surface area contributed by atoms with Crippen molar-refractivity contribution < 1.29 is 35.9 Å². The number of carbonyl (C=O) groups is 2. The molecule has 1 amide bonds. The lowest BCUT2D eigenvalue weighted by Gasteiger charge is -2.42. The average molecular weight is 406 g/mol. The van der Waals surface area contributed by atoms with Crippen molar-refractivity contribution in [1.29, 1.82) is 0 Å². The SMILES string of the molecule is CC1(C)[C@H](C(=O)O)N2C(=O)[C@@H](NS(=O)(=O)c3ccc(F)cc3)[C@H]2S1(=O)=O. The fraction of sp³-hybridized carbons (Fsp3) is 0.429. The van der Waals surface area contributed by atoms with E-state index >= 15 is 0 Å². The van der Waals surface area contributed by atoms with Crippen molar-refractivity contribution in [2.75, 3.05) is 0 Å². The number of rotatable bonds is 4. The van der Waals surface area contributed by atoms with Crippen LogP contribution in [0.4, 0.5) is 4.39 Å². The standard InChI is InChI=1S/C14H15FN2O7S2/c1-14(2)10(13(19)20)17-11(18)9(12(17)25(14,21)22)16-26(23,24)8-5-3-7(15)4-6-8/h3-6,9-10,12,16H,1-2H3,(H,19,20)/t9-,10+,12-/m1/s1. The minimum atomic E-state index is -4.31. The zero-order valence-electron chi connectivity index (χ0n) is 13.6. The van der Waals surface area contributed by atoms with Crippen LogP contribution in [0.5, 0.6) is 0 Å². The lowest BCUT2D eigenvalue weighted by molar-refractivity contribution is -0.159. The van der Waals surface area contributed by atoms with Gasteiger partial charge in [0.2, 0.25) is 15.9 Å². The molecule has 0 bridgehead atoms. The van der Waals surface area contributed by atoms with Crippen LogP contribution >= 0.6 is 0 Å². The Labute approximate surface area is 148 Å². The summed E-state index contributed by atoms with van der Waals surface area (Å²) in [6, 6.07) is 0.478. The van der Waals surface area contributed by atoms with Crippen LogP contribution in [-0.2, 0) is 29.4 Å². The van der Waals surface area contributed by atoms with Gasteiger partial charge in [0.25, 0.3) is 0 Å². The van der Waals surface area contributed by atoms with E-state index in [0.717, 1.165) is 24.3 Å². The zero-order valence-corrected chi connectivity index (χ0v) is 15.2. The third-order valence-corrected chi connectivity index (χ3v) is 8.99. The molecule has 0 spiro atoms. The molecule has 26 heavy (non-hydrogen) atoms. The first kappa shape index (κ1) is 18.7. The van der Waals surface area contributed by atoms with E-state index in [1.165, 1.54) is 13.8 Å². The molecule has 2 saturated heterocycles. The largest absolute Gasteiger partial charge is 0.480 e. The summed E-state index contributed by atoms with van der Waals surface area (Å²) in [4.78, 5) is 24.1. The normalized spacial score (nSPS) is 29.1. The number of nitrogens with zero attached hydrogens (tertiary/aromatic N) is 1. The van der Waals surface area contributed by atoms with Gasteiger partial charge in [0.1, 0.15) is 22.6 Å². The number of hydrogen-bond donors (Lipinski definition) is 2. The first-order valence-corrected chi connectivity index (χ1v) is 10.4. The fourth-order valence-corrected chi connectivity index (χ4v) is 6.76. The van der Waals surface area contributed by atoms with Gasteiger partial charge in [-0.2, -0.15) is 4.72 Å². The molecule has 2 aliphatic rings. The Morgan fingerprint density at radius 3 is 2.31 bits per heavy atom. The van der Waals surface area contributed by atoms with E-state index in [1.54, 1.807) is 0 Å². The molecule has 142 valence electrons. The summed E-state index contributed by atoms with van der Waals surface area (Å²) >= 11 is 0. The molecule has 9 nitrogen and oxygen atoms in total. The molecule has 0 saturated carbocycles. The molecule has 0 radical (unpaired) electrons. The van der Waals surface area contributed by atoms with Crippen molar-refractivity contribution in [3.8, 4) is 0 Å². The van der Waals surface area contributed by atoms with E-state index in [9.17, 15) is 35.9 Å². The van der Waals surface area contributed by atoms with Gasteiger partial charge in [0, 0.05) is 0 Å². The number of β-lactam (4-membered cyclic amide) rings is 1. The van der Waals surface area contributed by atoms with Crippen molar-refractivity contribution in [2.45, 2.75) is 40.9 Å². The van der Waals surface area contributed by atoms with Crippen molar-refractivity contribution in [3.63, 3.8) is 0 Å². The number of aliphatic carboxylic acids is 1. The summed E-state index contributed by atoms with van der Waals surface area (Å²) in [5.74, 6) is -3.10. The highest BCUT2D eigenvalue weighted by Gasteiger charge is 2.72. The number of hydrogen-bond acceptors (Lipinski definition) is 6. The predicted molar refractivity (Wildman–Crippen MR) is 85.6 cm³/mol. The summed E-state index contributed by atoms with van der Waals surface area (Å²) in [7, 11) is -8.48. The molecule has 1 aromatic carbocycles. The van der Waals surface area contributed by atoms with E-state index in [2.05, 4.69) is 0 Å². The molecule has 1 aromatic rings. The van der Waals surface area contributed by atoms with Gasteiger partial charge in [-0.3, -0.25) is 4.79 Å². The number of fused-ring (bicyclic) bond motifs is 1. The van der Waals surface area contributed by atoms with Crippen molar-refractivity contribution in [3.05, 3.63) is 30.1 Å². The monoisotopic (exact) mass is 406 g/mol. The van der Waals surface area contributed by atoms with Gasteiger partial charge < -0.3 is 10.0 Å². The van der Waals surface area contributed by atoms with E-state index in [0.29, 0.717) is 4.90 Å². The molecule has 3 atom stereocenters. The fourth-order valence-electron chi connectivity index (χ4n) is 3.26. The quantitative estimate of drug-likeness (QED) is 0.631. The minimum Gasteiger partial charge on any atom is -0.480 e. The molecule has 0 aliphatic carbocycles. The average Bonchev–Trinajstić information content (AvgIpc) is 2.66. The van der Waals surface area contributed by atoms with Crippen LogP contribution in [0, 0.1) is 5.82 Å². The second-order valence-electron chi connectivity index (χ2n) is 6.58. The molecule has 12 heteroatoms. The van der Waals surface area contributed by atoms with Gasteiger partial charge in [0.05, 0.1) is 4.90 Å². The van der Waals surface area contributed by atoms with Crippen LogP contribution < -0.4 is 4.72 Å². The molecule has 3 rings (SSSR count). The maximum Gasteiger partial charge on any atom is 0.328 e. The minimum absolute atomic E-state index is 0.352. The molecular formula is C14H15FN2O7S2. The Kier molecular flexibility index (Phi) is 3.94. The van der Waals surface area contributed by atoms with Crippen LogP contribution in [0.25, 0.3) is 0 Å². The number of halogens is 1. The third-order valence-electron chi connectivity index (χ3n) is 4.71. The van der Waals surface area contributed by atoms with Gasteiger partial charge in [-0.15, -0.1) is 0 Å². The van der Waals surface area contributed by atoms with Crippen molar-refractivity contribution >= 4 is 31.7 Å². The molecule has 2 N–H and O–H groups in total. The lowest BCUT2D eigenvalue weighted by Crippen LogP contribution is -2.71. The number of sulfonamides is 1. The van der Waals surface area contributed by atoms with E-state index in [-0.39, 0.29) is 4.90 Å². The van der Waals surface area contributed by atoms with Crippen molar-refractivity contribution in [2.24, 2.45) is 0 Å². The first-order valence-electron chi connectivity index (χ1n) is 7.38. The number of nitrogens with one attached hydrogen (secondary N) is 1. The van der Waals surface area contributed by atoms with Crippen LogP contribution in [-0.4, -0.2) is 60.9 Å². The summed E-state index contributed by atoms with van der Waals surface area (Å²) in [6.07, 6.45) is 0. The Hall–Kier alpha value is -2.05. The number of carbonyl (C=O) groups excluding carboxylic acids is 1. The van der Waals surface area contributed by atoms with Gasteiger partial charge in [0.15, 0.2) is 15.2 Å². The summed E-state index contributed by atoms with van der Waals surface area (Å²) in [5, 5.41) is 7.70. The van der Waals surface area contributed by atoms with Gasteiger partial charge in [-0.1, -0.05) is 0 Å². The van der Waals surface area contributed by atoms with Crippen LogP contribution in [0.2, 0.25) is 0 Å². The van der Waals surface area contributed by atoms with E-state index in [1.807, 2.05) is 4.72 Å². The third kappa shape index (κ3) is 2.36. The maximum absolute atomic E-state index is 12.9. The Morgan fingerprint density at radius 2 is 1.81 bits per heavy atom. The van der Waals surface area contributed by atoms with Gasteiger partial charge in [-0.25, -0.2) is 26.0 Å². The first-order chi connectivity index (χ1) is 11.8. The highest BCUT2D eigenvalue weighted by Crippen LogP contribution is 2.46. The van der Waals surface area contributed by atoms with E-state index < -0.39 is 59.8 Å². The lowest BCUT2D eigenvalue weighted by atomic mass is 9.96. The number of carboxylic acid groups (broad SMARTS) is 1. The molecule has 0 aromatic heterocycles. The van der Waals surface area contributed by atoms with Crippen LogP contribution in [0.1, 0.15) is 13.8 Å². The number of carboxylic acids is 1. The molecule has 0 unspecified atom stereocenters. The Balaban J connectivity index is 1.96. The highest BCUT2D eigenvalue weighted by molar-refractivity contribution is 7.94. The number of sulfone groups is 1. The molecular weight excluding hydrogens is 391 g/mol. The smallest absolute Gasteiger partial charge is 0.328 e. The van der Waals surface area contributed by atoms with Gasteiger partial charge >= 0.3 is 5.97 Å². The number of amides is 1. The molecule has 2 aliphatic heterocycles. The number of benzene rings is 1. The van der Waals surface area contributed by atoms with Gasteiger partial charge in [-0.05, 0) is 38.1 Å². The second kappa shape index (κ2) is 5.47. The zero-order chi connectivity index (χ0) is 19.7. The topological polar surface area (TPSA) is 138 Å². The summed E-state index contributed by atoms with van der Waals surface area (Å²) in [6.45, 7) is 2.36. The molecule has 2 fully saturated rings. The highest BCUT2D eigenvalue weighted by atomic mass is 32.2. The Bertz CT molecular complexity index is 1000. The summed E-state index contributed by atoms with van der Waals surface area (Å²) in [5.41, 5.74) is 0. The van der Waals surface area contributed by atoms with Crippen LogP contribution in [0.15, 0.2) is 29.2 Å². The van der Waals surface area contributed by atoms with Crippen molar-refractivity contribution in [1.82, 2.24) is 9.62 Å².